The molecule has 0 N–H and O–H groups in total. The molecule has 636 valence electrons. The highest BCUT2D eigenvalue weighted by atomic mass is 15.1. The van der Waals surface area contributed by atoms with Crippen LogP contribution in [0.25, 0.3) is 245 Å². The molecule has 22 aromatic carbocycles. The molecule has 136 heavy (non-hydrogen) atoms. The molecule has 0 saturated heterocycles. The van der Waals surface area contributed by atoms with E-state index in [-0.39, 0.29) is 0 Å². The summed E-state index contributed by atoms with van der Waals surface area (Å²) in [5.41, 5.74) is 22.6. The van der Waals surface area contributed by atoms with Gasteiger partial charge in [-0.2, -0.15) is 0 Å². The molecule has 25 aromatic rings. The van der Waals surface area contributed by atoms with E-state index >= 15 is 0 Å². The number of rotatable bonds is 15. The largest absolute Gasteiger partial charge is 0.208 e. The standard InChI is InChI=1S/C47H31N3.C41H27N3.C39H25N3/c1-3-12-32(13-4-1)34-22-26-36(27-23-34)45-48-46(37-28-24-35(25-29-37)39-18-11-17-38(30-39)33-14-5-2-6-15-33)50-47(49-45)44-31-40-16-7-8-19-41(40)42-20-9-10-21-43(42)44;1-3-12-28(13-4-1)30-22-24-31(25-23-30)39-42-40(34-18-11-17-32(26-34)29-14-5-2-6-15-29)44-41(43-39)38-27-33-16-7-8-19-35(33)36-20-9-10-21-37(36)38;1-2-10-26(11-3-1)28-18-21-29(22-19-28)37-40-38(32-23-20-27-12-4-5-13-30(27)24-32)42-39(41-37)36-25-31-14-6-7-15-33(31)34-16-8-9-17-35(34)36/h1-31H;1-27H;1-25H. The van der Waals surface area contributed by atoms with E-state index in [1.165, 1.54) is 65.5 Å². The summed E-state index contributed by atoms with van der Waals surface area (Å²) in [5.74, 6) is 5.85. The van der Waals surface area contributed by atoms with Crippen LogP contribution in [0, 0.1) is 0 Å². The number of hydrogen-bond acceptors (Lipinski definition) is 9. The zero-order chi connectivity index (χ0) is 90.5. The molecule has 9 heteroatoms. The van der Waals surface area contributed by atoms with Crippen LogP contribution in [0.15, 0.2) is 504 Å². The van der Waals surface area contributed by atoms with Crippen LogP contribution >= 0.6 is 0 Å². The predicted molar refractivity (Wildman–Crippen MR) is 564 cm³/mol. The summed E-state index contributed by atoms with van der Waals surface area (Å²) in [6.45, 7) is 0. The van der Waals surface area contributed by atoms with Gasteiger partial charge in [0, 0.05) is 50.1 Å². The smallest absolute Gasteiger partial charge is 0.164 e. The Morgan fingerprint density at radius 3 is 0.581 bits per heavy atom. The number of aromatic nitrogens is 9. The van der Waals surface area contributed by atoms with Crippen LogP contribution < -0.4 is 0 Å². The Balaban J connectivity index is 0.000000115. The zero-order valence-electron chi connectivity index (χ0n) is 73.9. The maximum absolute atomic E-state index is 5.16. The number of fused-ring (bicyclic) bond motifs is 10. The lowest BCUT2D eigenvalue weighted by atomic mass is 9.96. The number of benzene rings is 22. The molecule has 3 heterocycles. The molecule has 0 atom stereocenters. The first kappa shape index (κ1) is 82.1. The Morgan fingerprint density at radius 2 is 0.272 bits per heavy atom. The highest BCUT2D eigenvalue weighted by Crippen LogP contribution is 2.42. The van der Waals surface area contributed by atoms with Gasteiger partial charge in [0.05, 0.1) is 0 Å². The van der Waals surface area contributed by atoms with Crippen molar-refractivity contribution < 1.29 is 0 Å². The van der Waals surface area contributed by atoms with E-state index in [0.717, 1.165) is 127 Å². The third-order valence-corrected chi connectivity index (χ3v) is 25.4. The van der Waals surface area contributed by atoms with Crippen LogP contribution in [0.2, 0.25) is 0 Å². The minimum Gasteiger partial charge on any atom is -0.208 e. The second-order valence-corrected chi connectivity index (χ2v) is 33.9. The average Bonchev–Trinajstić information content (AvgIpc) is 0.757. The quantitative estimate of drug-likeness (QED) is 0.0925. The van der Waals surface area contributed by atoms with Crippen molar-refractivity contribution >= 4 is 75.4 Å². The SMILES string of the molecule is c1ccc(-c2ccc(-c3nc(-c4ccc(-c5cccc(-c6ccccc6)c5)cc4)nc(-c4cc5ccccc5c5ccccc45)n3)cc2)cc1.c1ccc(-c2ccc(-c3nc(-c4ccc5ccccc5c4)nc(-c4cc5ccccc5c5ccccc45)n3)cc2)cc1.c1ccc(-c2ccc(-c3nc(-c4cccc(-c5ccccc5)c4)nc(-c4cc5ccccc5c5ccccc45)n3)cc2)cc1. The van der Waals surface area contributed by atoms with Gasteiger partial charge < -0.3 is 0 Å². The van der Waals surface area contributed by atoms with Gasteiger partial charge in [0.25, 0.3) is 0 Å². The van der Waals surface area contributed by atoms with Gasteiger partial charge in [-0.05, 0) is 179 Å². The van der Waals surface area contributed by atoms with Crippen molar-refractivity contribution in [3.8, 4) is 169 Å². The molecular formula is C127H83N9. The predicted octanol–water partition coefficient (Wildman–Crippen LogP) is 32.7. The molecule has 25 rings (SSSR count). The van der Waals surface area contributed by atoms with Crippen LogP contribution in [0.5, 0.6) is 0 Å². The second-order valence-electron chi connectivity index (χ2n) is 33.9. The maximum atomic E-state index is 5.16. The fraction of sp³-hybridized carbons (Fsp3) is 0. The normalized spacial score (nSPS) is 11.2. The minimum absolute atomic E-state index is 0.638. The summed E-state index contributed by atoms with van der Waals surface area (Å²) in [4.78, 5) is 45.9. The van der Waals surface area contributed by atoms with Crippen molar-refractivity contribution in [2.45, 2.75) is 0 Å². The summed E-state index contributed by atoms with van der Waals surface area (Å²) in [5, 5.41) is 16.4. The van der Waals surface area contributed by atoms with Gasteiger partial charge in [0.2, 0.25) is 0 Å². The minimum atomic E-state index is 0.638. The van der Waals surface area contributed by atoms with E-state index in [1.54, 1.807) is 0 Å². The van der Waals surface area contributed by atoms with Gasteiger partial charge in [-0.25, -0.2) is 44.9 Å². The van der Waals surface area contributed by atoms with Crippen molar-refractivity contribution in [3.63, 3.8) is 0 Å². The molecule has 0 unspecified atom stereocenters. The molecule has 3 aromatic heterocycles. The summed E-state index contributed by atoms with van der Waals surface area (Å²) < 4.78 is 0. The summed E-state index contributed by atoms with van der Waals surface area (Å²) in [7, 11) is 0. The Hall–Kier alpha value is -18.3. The van der Waals surface area contributed by atoms with E-state index in [1.807, 2.05) is 30.3 Å². The summed E-state index contributed by atoms with van der Waals surface area (Å²) in [6, 6.07) is 176. The fourth-order valence-electron chi connectivity index (χ4n) is 18.4. The highest BCUT2D eigenvalue weighted by molar-refractivity contribution is 6.16. The molecule has 0 saturated carbocycles. The number of nitrogens with zero attached hydrogens (tertiary/aromatic N) is 9. The van der Waals surface area contributed by atoms with Crippen LogP contribution in [0.3, 0.4) is 0 Å². The third-order valence-electron chi connectivity index (χ3n) is 25.4. The van der Waals surface area contributed by atoms with E-state index in [0.29, 0.717) is 52.4 Å². The molecule has 0 spiro atoms. The lowest BCUT2D eigenvalue weighted by Gasteiger charge is -2.13. The highest BCUT2D eigenvalue weighted by Gasteiger charge is 2.23. The van der Waals surface area contributed by atoms with Crippen molar-refractivity contribution in [2.24, 2.45) is 0 Å². The van der Waals surface area contributed by atoms with E-state index < -0.39 is 0 Å². The molecule has 0 amide bonds. The maximum Gasteiger partial charge on any atom is 0.164 e. The Bertz CT molecular complexity index is 8730. The molecular weight excluding hydrogens is 1650 g/mol. The van der Waals surface area contributed by atoms with Crippen LogP contribution in [-0.2, 0) is 0 Å². The van der Waals surface area contributed by atoms with Gasteiger partial charge in [-0.1, -0.05) is 467 Å². The fourth-order valence-corrected chi connectivity index (χ4v) is 18.4. The first-order valence-electron chi connectivity index (χ1n) is 45.8. The summed E-state index contributed by atoms with van der Waals surface area (Å²) >= 11 is 0. The Labute approximate surface area is 787 Å². The lowest BCUT2D eigenvalue weighted by molar-refractivity contribution is 1.08. The Morgan fingerprint density at radius 1 is 0.0882 bits per heavy atom. The monoisotopic (exact) mass is 1730 g/mol. The molecule has 0 fully saturated rings. The molecule has 0 aliphatic heterocycles. The molecule has 0 bridgehead atoms. The third kappa shape index (κ3) is 16.9. The first-order chi connectivity index (χ1) is 67.4. The van der Waals surface area contributed by atoms with E-state index in [4.69, 9.17) is 44.9 Å². The van der Waals surface area contributed by atoms with Crippen LogP contribution in [0.1, 0.15) is 0 Å². The Kier molecular flexibility index (Phi) is 22.3. The van der Waals surface area contributed by atoms with Crippen molar-refractivity contribution in [1.82, 2.24) is 44.9 Å². The molecule has 0 aliphatic rings. The molecule has 0 aliphatic carbocycles. The van der Waals surface area contributed by atoms with Gasteiger partial charge in [0.15, 0.2) is 52.4 Å². The zero-order valence-corrected chi connectivity index (χ0v) is 73.9. The topological polar surface area (TPSA) is 116 Å². The van der Waals surface area contributed by atoms with Gasteiger partial charge in [-0.3, -0.25) is 0 Å². The molecule has 0 radical (unpaired) electrons. The van der Waals surface area contributed by atoms with Crippen LogP contribution in [0.4, 0.5) is 0 Å². The number of hydrogen-bond donors (Lipinski definition) is 0. The van der Waals surface area contributed by atoms with E-state index in [2.05, 4.69) is 473 Å². The first-order valence-corrected chi connectivity index (χ1v) is 45.8. The van der Waals surface area contributed by atoms with Crippen LogP contribution in [-0.4, -0.2) is 44.9 Å². The van der Waals surface area contributed by atoms with Crippen molar-refractivity contribution in [3.05, 3.63) is 504 Å². The molecule has 9 nitrogen and oxygen atoms in total. The summed E-state index contributed by atoms with van der Waals surface area (Å²) in [6.07, 6.45) is 0. The van der Waals surface area contributed by atoms with Gasteiger partial charge in [0.1, 0.15) is 0 Å². The van der Waals surface area contributed by atoms with Gasteiger partial charge in [-0.15, -0.1) is 0 Å². The van der Waals surface area contributed by atoms with Gasteiger partial charge >= 0.3 is 0 Å². The van der Waals surface area contributed by atoms with E-state index in [9.17, 15) is 0 Å². The second kappa shape index (κ2) is 36.9. The average molecular weight is 1740 g/mol. The van der Waals surface area contributed by atoms with Crippen molar-refractivity contribution in [1.29, 1.82) is 0 Å². The lowest BCUT2D eigenvalue weighted by Crippen LogP contribution is -2.01. The van der Waals surface area contributed by atoms with Crippen molar-refractivity contribution in [2.75, 3.05) is 0 Å².